The van der Waals surface area contributed by atoms with Crippen molar-refractivity contribution in [3.63, 3.8) is 0 Å². The highest BCUT2D eigenvalue weighted by Gasteiger charge is 2.57. The first-order valence-corrected chi connectivity index (χ1v) is 13.5. The van der Waals surface area contributed by atoms with Gasteiger partial charge in [-0.15, -0.1) is 6.58 Å². The second kappa shape index (κ2) is 8.48. The van der Waals surface area contributed by atoms with Crippen molar-refractivity contribution < 1.29 is 14.6 Å². The molecule has 27 heavy (non-hydrogen) atoms. The van der Waals surface area contributed by atoms with E-state index in [4.69, 9.17) is 9.42 Å². The van der Waals surface area contributed by atoms with E-state index >= 15 is 0 Å². The second-order valence-electron chi connectivity index (χ2n) is 10.2. The minimum atomic E-state index is -1.98. The highest BCUT2D eigenvalue weighted by molar-refractivity contribution is 6.74. The molecule has 1 heterocycles. The van der Waals surface area contributed by atoms with Crippen molar-refractivity contribution >= 4 is 14.0 Å². The lowest BCUT2D eigenvalue weighted by molar-refractivity contribution is -0.101. The van der Waals surface area contributed by atoms with Crippen molar-refractivity contribution in [3.8, 4) is 0 Å². The molecule has 0 spiro atoms. The van der Waals surface area contributed by atoms with Crippen LogP contribution in [0.1, 0.15) is 59.8 Å². The van der Waals surface area contributed by atoms with Crippen molar-refractivity contribution in [3.05, 3.63) is 12.7 Å². The van der Waals surface area contributed by atoms with Gasteiger partial charge in [0.05, 0.1) is 12.2 Å². The van der Waals surface area contributed by atoms with Crippen LogP contribution in [0.5, 0.6) is 0 Å². The van der Waals surface area contributed by atoms with Gasteiger partial charge in [0, 0.05) is 24.3 Å². The molecule has 1 saturated carbocycles. The third-order valence-electron chi connectivity index (χ3n) is 7.38. The summed E-state index contributed by atoms with van der Waals surface area (Å²) in [5.74, 6) is 0.316. The summed E-state index contributed by atoms with van der Waals surface area (Å²) in [6.45, 7) is 18.5. The molecule has 0 saturated heterocycles. The molecule has 1 aliphatic heterocycles. The first-order chi connectivity index (χ1) is 12.5. The number of aliphatic imine (C=N–C) groups is 1. The molecule has 0 aromatic carbocycles. The van der Waals surface area contributed by atoms with Gasteiger partial charge in [-0.1, -0.05) is 33.8 Å². The molecule has 0 bridgehead atoms. The van der Waals surface area contributed by atoms with Crippen LogP contribution in [0.2, 0.25) is 18.1 Å². The highest BCUT2D eigenvalue weighted by atomic mass is 28.4. The maximum Gasteiger partial charge on any atom is 0.192 e. The van der Waals surface area contributed by atoms with Crippen molar-refractivity contribution in [1.82, 2.24) is 0 Å². The number of allylic oxidation sites excluding steroid dienone is 1. The zero-order valence-electron chi connectivity index (χ0n) is 18.3. The Hall–Kier alpha value is -0.493. The highest BCUT2D eigenvalue weighted by Crippen LogP contribution is 2.53. The summed E-state index contributed by atoms with van der Waals surface area (Å²) in [4.78, 5) is 4.82. The summed E-state index contributed by atoms with van der Waals surface area (Å²) >= 11 is 0. The monoisotopic (exact) mass is 395 g/mol. The predicted octanol–water partition coefficient (Wildman–Crippen LogP) is 4.57. The number of rotatable bonds is 7. The summed E-state index contributed by atoms with van der Waals surface area (Å²) in [5.41, 5.74) is 0.685. The Kier molecular flexibility index (Phi) is 7.16. The largest absolute Gasteiger partial charge is 0.413 e. The van der Waals surface area contributed by atoms with Crippen molar-refractivity contribution in [1.29, 1.82) is 0 Å². The van der Waals surface area contributed by atoms with Crippen LogP contribution in [-0.4, -0.2) is 49.6 Å². The van der Waals surface area contributed by atoms with Crippen LogP contribution in [0, 0.1) is 17.3 Å². The second-order valence-corrected chi connectivity index (χ2v) is 14.9. The van der Waals surface area contributed by atoms with E-state index in [0.717, 1.165) is 25.1 Å². The van der Waals surface area contributed by atoms with Gasteiger partial charge in [-0.25, -0.2) is 0 Å². The zero-order valence-corrected chi connectivity index (χ0v) is 19.3. The smallest absolute Gasteiger partial charge is 0.192 e. The fourth-order valence-electron chi connectivity index (χ4n) is 4.88. The topological polar surface area (TPSA) is 62.1 Å². The van der Waals surface area contributed by atoms with Crippen LogP contribution in [0.15, 0.2) is 17.6 Å². The molecule has 2 N–H and O–H groups in total. The van der Waals surface area contributed by atoms with Gasteiger partial charge in [-0.05, 0) is 62.1 Å². The quantitative estimate of drug-likeness (QED) is 0.490. The average molecular weight is 396 g/mol. The summed E-state index contributed by atoms with van der Waals surface area (Å²) < 4.78 is 6.96. The van der Waals surface area contributed by atoms with Crippen LogP contribution < -0.4 is 0 Å². The molecular formula is C22H41NO3Si. The predicted molar refractivity (Wildman–Crippen MR) is 116 cm³/mol. The third kappa shape index (κ3) is 4.26. The molecule has 0 radical (unpaired) electrons. The number of hydrogen-bond donors (Lipinski definition) is 2. The summed E-state index contributed by atoms with van der Waals surface area (Å²) in [6.07, 6.45) is 5.53. The molecule has 1 aliphatic carbocycles. The number of hydrogen-bond acceptors (Lipinski definition) is 4. The van der Waals surface area contributed by atoms with Gasteiger partial charge in [0.1, 0.15) is 0 Å². The molecule has 2 rings (SSSR count). The van der Waals surface area contributed by atoms with Gasteiger partial charge in [0.2, 0.25) is 0 Å². The minimum absolute atomic E-state index is 0.0321. The van der Waals surface area contributed by atoms with Crippen LogP contribution in [0.25, 0.3) is 0 Å². The fourth-order valence-corrected chi connectivity index (χ4v) is 6.31. The maximum absolute atomic E-state index is 11.3. The van der Waals surface area contributed by atoms with E-state index in [9.17, 15) is 10.2 Å². The Morgan fingerprint density at radius 3 is 2.52 bits per heavy atom. The molecule has 0 amide bonds. The van der Waals surface area contributed by atoms with Crippen LogP contribution >= 0.6 is 0 Å². The van der Waals surface area contributed by atoms with E-state index < -0.39 is 19.8 Å². The maximum atomic E-state index is 11.3. The van der Waals surface area contributed by atoms with Crippen LogP contribution in [-0.2, 0) is 4.43 Å². The zero-order chi connectivity index (χ0) is 20.5. The summed E-state index contributed by atoms with van der Waals surface area (Å²) in [5, 5.41) is 21.3. The molecule has 4 nitrogen and oxygen atoms in total. The lowest BCUT2D eigenvalue weighted by Crippen LogP contribution is -2.61. The lowest BCUT2D eigenvalue weighted by Gasteiger charge is -2.55. The molecule has 0 unspecified atom stereocenters. The summed E-state index contributed by atoms with van der Waals surface area (Å²) in [7, 11) is -1.98. The van der Waals surface area contributed by atoms with E-state index in [1.54, 1.807) is 0 Å². The SMILES string of the molecule is C=CC[C@]1(C2=NCCC2)[C@H](O)C[C@H](C)[C@H](O[Si](C)(C)C(C)(C)C)[C@H]1CCO. The third-order valence-corrected chi connectivity index (χ3v) is 11.9. The van der Waals surface area contributed by atoms with Crippen molar-refractivity contribution in [2.24, 2.45) is 22.2 Å². The van der Waals surface area contributed by atoms with Gasteiger partial charge in [0.15, 0.2) is 8.32 Å². The number of aliphatic hydroxyl groups excluding tert-OH is 2. The molecule has 1 fully saturated rings. The van der Waals surface area contributed by atoms with Gasteiger partial charge in [-0.2, -0.15) is 0 Å². The molecule has 5 atom stereocenters. The average Bonchev–Trinajstić information content (AvgIpc) is 3.08. The fraction of sp³-hybridized carbons (Fsp3) is 0.864. The Labute approximate surface area is 167 Å². The Bertz CT molecular complexity index is 554. The molecule has 5 heteroatoms. The van der Waals surface area contributed by atoms with Gasteiger partial charge in [0.25, 0.3) is 0 Å². The minimum Gasteiger partial charge on any atom is -0.413 e. The number of aliphatic hydroxyl groups is 2. The first-order valence-electron chi connectivity index (χ1n) is 10.6. The van der Waals surface area contributed by atoms with Gasteiger partial charge < -0.3 is 14.6 Å². The van der Waals surface area contributed by atoms with E-state index in [-0.39, 0.29) is 29.6 Å². The molecular weight excluding hydrogens is 354 g/mol. The lowest BCUT2D eigenvalue weighted by atomic mass is 9.55. The standard InChI is InChI=1S/C22H41NO3Si/c1-8-12-22(18-10-9-13-23-18)17(11-14-24)20(16(2)15-19(22)25)26-27(6,7)21(3,4)5/h8,16-17,19-20,24-25H,1,9-15H2,2-7H3/t16-,17+,19+,20-,22-/m0/s1. The Morgan fingerprint density at radius 2 is 2.04 bits per heavy atom. The van der Waals surface area contributed by atoms with E-state index in [2.05, 4.69) is 47.4 Å². The Morgan fingerprint density at radius 1 is 1.37 bits per heavy atom. The molecule has 0 aromatic rings. The molecule has 2 aliphatic rings. The number of nitrogens with zero attached hydrogens (tertiary/aromatic N) is 1. The van der Waals surface area contributed by atoms with E-state index in [1.165, 1.54) is 0 Å². The molecule has 0 aromatic heterocycles. The summed E-state index contributed by atoms with van der Waals surface area (Å²) in [6, 6.07) is 0. The van der Waals surface area contributed by atoms with E-state index in [1.807, 2.05) is 6.08 Å². The van der Waals surface area contributed by atoms with Gasteiger partial charge >= 0.3 is 0 Å². The normalized spacial score (nSPS) is 35.2. The van der Waals surface area contributed by atoms with Crippen LogP contribution in [0.3, 0.4) is 0 Å². The first kappa shape index (κ1) is 22.8. The Balaban J connectivity index is 2.50. The van der Waals surface area contributed by atoms with Crippen LogP contribution in [0.4, 0.5) is 0 Å². The van der Waals surface area contributed by atoms with E-state index in [0.29, 0.717) is 19.3 Å². The van der Waals surface area contributed by atoms with Crippen molar-refractivity contribution in [2.75, 3.05) is 13.2 Å². The molecule has 156 valence electrons. The van der Waals surface area contributed by atoms with Gasteiger partial charge in [-0.3, -0.25) is 4.99 Å². The van der Waals surface area contributed by atoms with Crippen molar-refractivity contribution in [2.45, 2.75) is 90.1 Å².